The van der Waals surface area contributed by atoms with Gasteiger partial charge in [-0.15, -0.1) is 5.92 Å². The van der Waals surface area contributed by atoms with Crippen LogP contribution in [0.4, 0.5) is 13.2 Å². The summed E-state index contributed by atoms with van der Waals surface area (Å²) in [5.74, 6) is 5.10. The lowest BCUT2D eigenvalue weighted by molar-refractivity contribution is -0.138. The third-order valence-electron chi connectivity index (χ3n) is 6.00. The van der Waals surface area contributed by atoms with Crippen LogP contribution in [0.3, 0.4) is 0 Å². The van der Waals surface area contributed by atoms with Crippen LogP contribution in [0.1, 0.15) is 54.0 Å². The number of hydrogen-bond donors (Lipinski definition) is 1. The van der Waals surface area contributed by atoms with E-state index in [1.165, 1.54) is 12.1 Å². The van der Waals surface area contributed by atoms with Gasteiger partial charge in [-0.25, -0.2) is 0 Å². The lowest BCUT2D eigenvalue weighted by atomic mass is 9.96. The van der Waals surface area contributed by atoms with Crippen LogP contribution in [0.25, 0.3) is 11.1 Å². The standard InChI is InChI=1S/C28H23F3O3/c1-2-4-20(17-27(32)33)18-9-13-22(14-10-18)34-26-16-15-24-23(5-3-6-25(24)26)19-7-11-21(12-8-19)28(29,30)31/h3,5-14,20,26H,15-17H2,1H3,(H,32,33). The highest BCUT2D eigenvalue weighted by atomic mass is 19.4. The largest absolute Gasteiger partial charge is 0.486 e. The average molecular weight is 464 g/mol. The smallest absolute Gasteiger partial charge is 0.416 e. The van der Waals surface area contributed by atoms with Crippen LogP contribution in [-0.4, -0.2) is 11.1 Å². The monoisotopic (exact) mass is 464 g/mol. The lowest BCUT2D eigenvalue weighted by Crippen LogP contribution is -2.06. The predicted molar refractivity (Wildman–Crippen MR) is 123 cm³/mol. The Morgan fingerprint density at radius 2 is 1.79 bits per heavy atom. The molecule has 4 rings (SSSR count). The fourth-order valence-corrected chi connectivity index (χ4v) is 4.39. The van der Waals surface area contributed by atoms with Crippen molar-refractivity contribution >= 4 is 5.97 Å². The molecule has 0 spiro atoms. The summed E-state index contributed by atoms with van der Waals surface area (Å²) in [6.07, 6.45) is -3.06. The fourth-order valence-electron chi connectivity index (χ4n) is 4.39. The zero-order valence-electron chi connectivity index (χ0n) is 18.5. The van der Waals surface area contributed by atoms with E-state index in [9.17, 15) is 18.0 Å². The van der Waals surface area contributed by atoms with Crippen molar-refractivity contribution in [2.45, 2.75) is 44.4 Å². The summed E-state index contributed by atoms with van der Waals surface area (Å²) in [5, 5.41) is 9.12. The maximum atomic E-state index is 12.9. The maximum absolute atomic E-state index is 12.9. The van der Waals surface area contributed by atoms with Crippen molar-refractivity contribution in [1.82, 2.24) is 0 Å². The second-order valence-corrected chi connectivity index (χ2v) is 8.21. The highest BCUT2D eigenvalue weighted by Gasteiger charge is 2.31. The zero-order valence-corrected chi connectivity index (χ0v) is 18.5. The van der Waals surface area contributed by atoms with E-state index in [4.69, 9.17) is 9.84 Å². The van der Waals surface area contributed by atoms with Gasteiger partial charge in [0.05, 0.1) is 17.9 Å². The summed E-state index contributed by atoms with van der Waals surface area (Å²) in [6, 6.07) is 18.4. The Labute approximate surface area is 196 Å². The lowest BCUT2D eigenvalue weighted by Gasteiger charge is -2.17. The molecular formula is C28H23F3O3. The van der Waals surface area contributed by atoms with Gasteiger partial charge in [0.25, 0.3) is 0 Å². The Morgan fingerprint density at radius 1 is 1.09 bits per heavy atom. The third-order valence-corrected chi connectivity index (χ3v) is 6.00. The van der Waals surface area contributed by atoms with Gasteiger partial charge in [0, 0.05) is 0 Å². The molecule has 1 aliphatic rings. The van der Waals surface area contributed by atoms with E-state index in [1.54, 1.807) is 6.92 Å². The van der Waals surface area contributed by atoms with E-state index in [-0.39, 0.29) is 18.4 Å². The number of carbonyl (C=O) groups is 1. The number of fused-ring (bicyclic) bond motifs is 1. The maximum Gasteiger partial charge on any atom is 0.416 e. The molecule has 0 aliphatic heterocycles. The molecule has 6 heteroatoms. The molecule has 1 N–H and O–H groups in total. The van der Waals surface area contributed by atoms with Crippen molar-refractivity contribution in [1.29, 1.82) is 0 Å². The molecule has 3 aromatic carbocycles. The fraction of sp³-hybridized carbons (Fsp3) is 0.250. The molecule has 2 unspecified atom stereocenters. The molecule has 3 aromatic rings. The Hall–Kier alpha value is -3.72. The van der Waals surface area contributed by atoms with Crippen LogP contribution in [0.2, 0.25) is 0 Å². The van der Waals surface area contributed by atoms with Gasteiger partial charge in [-0.05, 0) is 71.8 Å². The SMILES string of the molecule is CC#CC(CC(=O)O)c1ccc(OC2CCc3c(-c4ccc(C(F)(F)F)cc4)cccc32)cc1. The van der Waals surface area contributed by atoms with E-state index in [0.717, 1.165) is 52.8 Å². The molecule has 0 amide bonds. The van der Waals surface area contributed by atoms with Gasteiger partial charge in [0.1, 0.15) is 11.9 Å². The minimum absolute atomic E-state index is 0.0657. The van der Waals surface area contributed by atoms with Crippen molar-refractivity contribution in [3.8, 4) is 28.7 Å². The average Bonchev–Trinajstić information content (AvgIpc) is 3.21. The quantitative estimate of drug-likeness (QED) is 0.399. The summed E-state index contributed by atoms with van der Waals surface area (Å²) in [5.41, 5.74) is 3.94. The molecule has 34 heavy (non-hydrogen) atoms. The minimum Gasteiger partial charge on any atom is -0.486 e. The van der Waals surface area contributed by atoms with Crippen molar-refractivity contribution < 1.29 is 27.8 Å². The van der Waals surface area contributed by atoms with Gasteiger partial charge < -0.3 is 9.84 Å². The first kappa shape index (κ1) is 23.4. The molecule has 1 aliphatic carbocycles. The van der Waals surface area contributed by atoms with Crippen LogP contribution in [0.5, 0.6) is 5.75 Å². The molecule has 2 atom stereocenters. The summed E-state index contributed by atoms with van der Waals surface area (Å²) in [6.45, 7) is 1.68. The number of halogens is 3. The minimum atomic E-state index is -4.36. The van der Waals surface area contributed by atoms with E-state index in [2.05, 4.69) is 11.8 Å². The topological polar surface area (TPSA) is 46.5 Å². The Balaban J connectivity index is 1.53. The van der Waals surface area contributed by atoms with Crippen molar-refractivity contribution in [2.75, 3.05) is 0 Å². The number of aliphatic carboxylic acids is 1. The van der Waals surface area contributed by atoms with E-state index in [0.29, 0.717) is 5.75 Å². The van der Waals surface area contributed by atoms with Gasteiger partial charge in [0.15, 0.2) is 0 Å². The molecular weight excluding hydrogens is 441 g/mol. The second kappa shape index (κ2) is 9.64. The first-order chi connectivity index (χ1) is 16.3. The highest BCUT2D eigenvalue weighted by Crippen LogP contribution is 2.41. The molecule has 0 saturated carbocycles. The molecule has 3 nitrogen and oxygen atoms in total. The predicted octanol–water partition coefficient (Wildman–Crippen LogP) is 7.02. The summed E-state index contributed by atoms with van der Waals surface area (Å²) >= 11 is 0. The van der Waals surface area contributed by atoms with E-state index < -0.39 is 17.7 Å². The van der Waals surface area contributed by atoms with Crippen molar-refractivity contribution in [2.24, 2.45) is 0 Å². The molecule has 0 saturated heterocycles. The number of alkyl halides is 3. The zero-order chi connectivity index (χ0) is 24.3. The summed E-state index contributed by atoms with van der Waals surface area (Å²) in [7, 11) is 0. The van der Waals surface area contributed by atoms with Crippen LogP contribution in [0, 0.1) is 11.8 Å². The molecule has 0 aromatic heterocycles. The number of hydrogen-bond acceptors (Lipinski definition) is 2. The van der Waals surface area contributed by atoms with Gasteiger partial charge >= 0.3 is 12.1 Å². The Bertz CT molecular complexity index is 1230. The first-order valence-electron chi connectivity index (χ1n) is 11.0. The normalized spacial score (nSPS) is 15.7. The van der Waals surface area contributed by atoms with E-state index >= 15 is 0 Å². The molecule has 0 bridgehead atoms. The second-order valence-electron chi connectivity index (χ2n) is 8.21. The van der Waals surface area contributed by atoms with Crippen LogP contribution in [0.15, 0.2) is 66.7 Å². The third kappa shape index (κ3) is 5.09. The Morgan fingerprint density at radius 3 is 2.41 bits per heavy atom. The van der Waals surface area contributed by atoms with Gasteiger partial charge in [-0.2, -0.15) is 13.2 Å². The van der Waals surface area contributed by atoms with Crippen molar-refractivity contribution in [3.05, 3.63) is 89.0 Å². The van der Waals surface area contributed by atoms with Crippen LogP contribution < -0.4 is 4.74 Å². The molecule has 0 heterocycles. The van der Waals surface area contributed by atoms with Crippen LogP contribution in [-0.2, 0) is 17.4 Å². The summed E-state index contributed by atoms with van der Waals surface area (Å²) < 4.78 is 45.0. The first-order valence-corrected chi connectivity index (χ1v) is 11.0. The molecule has 174 valence electrons. The van der Waals surface area contributed by atoms with Crippen molar-refractivity contribution in [3.63, 3.8) is 0 Å². The number of benzene rings is 3. The molecule has 0 radical (unpaired) electrons. The number of carboxylic acid groups (broad SMARTS) is 1. The number of carboxylic acids is 1. The Kier molecular flexibility index (Phi) is 6.65. The molecule has 0 fully saturated rings. The van der Waals surface area contributed by atoms with E-state index in [1.807, 2.05) is 42.5 Å². The van der Waals surface area contributed by atoms with Crippen LogP contribution >= 0.6 is 0 Å². The highest BCUT2D eigenvalue weighted by molar-refractivity contribution is 5.70. The van der Waals surface area contributed by atoms with Gasteiger partial charge in [0.2, 0.25) is 0 Å². The number of ether oxygens (including phenoxy) is 1. The summed E-state index contributed by atoms with van der Waals surface area (Å²) in [4.78, 5) is 11.1. The van der Waals surface area contributed by atoms with Gasteiger partial charge in [-0.3, -0.25) is 4.79 Å². The number of rotatable bonds is 6. The van der Waals surface area contributed by atoms with Gasteiger partial charge in [-0.1, -0.05) is 48.4 Å².